The summed E-state index contributed by atoms with van der Waals surface area (Å²) in [7, 11) is 3.84. The zero-order valence-corrected chi connectivity index (χ0v) is 15.7. The molecular formula is C20H17FN6O2. The number of hydrogen-bond acceptors (Lipinski definition) is 5. The number of aromatic amines is 1. The van der Waals surface area contributed by atoms with Crippen LogP contribution in [0.5, 0.6) is 0 Å². The summed E-state index contributed by atoms with van der Waals surface area (Å²) in [5.74, 6) is -0.988. The number of aromatic nitrogens is 4. The first-order valence-electron chi connectivity index (χ1n) is 8.71. The topological polar surface area (TPSA) is 110 Å². The number of carbonyl (C=O) groups is 1. The van der Waals surface area contributed by atoms with Crippen molar-refractivity contribution in [2.75, 3.05) is 19.0 Å². The second kappa shape index (κ2) is 6.86. The van der Waals surface area contributed by atoms with Crippen molar-refractivity contribution in [3.8, 4) is 17.1 Å². The molecule has 0 saturated carbocycles. The van der Waals surface area contributed by atoms with Gasteiger partial charge in [-0.3, -0.25) is 4.79 Å². The number of nitrogens with one attached hydrogen (secondary N) is 1. The summed E-state index contributed by atoms with van der Waals surface area (Å²) in [5, 5.41) is 0. The summed E-state index contributed by atoms with van der Waals surface area (Å²) < 4.78 is 14.6. The Balaban J connectivity index is 1.97. The van der Waals surface area contributed by atoms with Crippen LogP contribution in [-0.4, -0.2) is 39.5 Å². The van der Waals surface area contributed by atoms with Crippen LogP contribution in [0, 0.1) is 5.82 Å². The Kier molecular flexibility index (Phi) is 4.34. The van der Waals surface area contributed by atoms with Crippen LogP contribution in [-0.2, 0) is 0 Å². The number of halogens is 1. The first kappa shape index (κ1) is 18.4. The van der Waals surface area contributed by atoms with Gasteiger partial charge >= 0.3 is 5.69 Å². The lowest BCUT2D eigenvalue weighted by molar-refractivity contribution is 0.0997. The van der Waals surface area contributed by atoms with Gasteiger partial charge in [0.05, 0.1) is 5.69 Å². The summed E-state index contributed by atoms with van der Waals surface area (Å²) in [6, 6.07) is 12.8. The molecule has 0 bridgehead atoms. The fourth-order valence-electron chi connectivity index (χ4n) is 3.03. The molecule has 0 atom stereocenters. The average Bonchev–Trinajstić information content (AvgIpc) is 3.03. The van der Waals surface area contributed by atoms with Crippen LogP contribution in [0.25, 0.3) is 28.2 Å². The van der Waals surface area contributed by atoms with Gasteiger partial charge in [0.25, 0.3) is 5.91 Å². The Morgan fingerprint density at radius 1 is 1.07 bits per heavy atom. The van der Waals surface area contributed by atoms with Gasteiger partial charge in [-0.15, -0.1) is 0 Å². The molecule has 1 amide bonds. The van der Waals surface area contributed by atoms with E-state index in [-0.39, 0.29) is 22.7 Å². The highest BCUT2D eigenvalue weighted by atomic mass is 19.1. The van der Waals surface area contributed by atoms with Crippen LogP contribution in [0.15, 0.2) is 53.3 Å². The van der Waals surface area contributed by atoms with Crippen molar-refractivity contribution in [2.45, 2.75) is 0 Å². The lowest BCUT2D eigenvalue weighted by Gasteiger charge is -2.12. The fraction of sp³-hybridized carbons (Fsp3) is 0.100. The van der Waals surface area contributed by atoms with Gasteiger partial charge in [0.2, 0.25) is 0 Å². The highest BCUT2D eigenvalue weighted by Crippen LogP contribution is 2.23. The van der Waals surface area contributed by atoms with E-state index in [4.69, 9.17) is 5.73 Å². The molecule has 4 aromatic rings. The van der Waals surface area contributed by atoms with E-state index in [1.807, 2.05) is 43.3 Å². The van der Waals surface area contributed by atoms with Gasteiger partial charge < -0.3 is 15.6 Å². The molecule has 9 heteroatoms. The Morgan fingerprint density at radius 3 is 2.31 bits per heavy atom. The van der Waals surface area contributed by atoms with Gasteiger partial charge in [0.15, 0.2) is 17.2 Å². The SMILES string of the molecule is CN(C)c1ccc(-c2nc(C(N)=O)c3[nH]c(=O)n(-c4ccc(F)cc4)c3n2)cc1. The van der Waals surface area contributed by atoms with Crippen molar-refractivity contribution in [1.82, 2.24) is 19.5 Å². The summed E-state index contributed by atoms with van der Waals surface area (Å²) in [6.45, 7) is 0. The van der Waals surface area contributed by atoms with Gasteiger partial charge in [0.1, 0.15) is 11.3 Å². The summed E-state index contributed by atoms with van der Waals surface area (Å²) >= 11 is 0. The smallest absolute Gasteiger partial charge is 0.332 e. The predicted octanol–water partition coefficient (Wildman–Crippen LogP) is 2.08. The number of nitrogens with zero attached hydrogens (tertiary/aromatic N) is 4. The van der Waals surface area contributed by atoms with Crippen molar-refractivity contribution in [1.29, 1.82) is 0 Å². The van der Waals surface area contributed by atoms with Crippen LogP contribution >= 0.6 is 0 Å². The number of nitrogens with two attached hydrogens (primary N) is 1. The van der Waals surface area contributed by atoms with E-state index in [2.05, 4.69) is 15.0 Å². The molecule has 8 nitrogen and oxygen atoms in total. The van der Waals surface area contributed by atoms with Gasteiger partial charge in [0, 0.05) is 25.3 Å². The van der Waals surface area contributed by atoms with Crippen LogP contribution in [0.1, 0.15) is 10.5 Å². The summed E-state index contributed by atoms with van der Waals surface area (Å²) in [4.78, 5) is 37.8. The van der Waals surface area contributed by atoms with Crippen LogP contribution < -0.4 is 16.3 Å². The molecule has 146 valence electrons. The van der Waals surface area contributed by atoms with E-state index >= 15 is 0 Å². The number of imidazole rings is 1. The molecule has 0 aliphatic rings. The largest absolute Gasteiger partial charge is 0.378 e. The molecule has 4 rings (SSSR count). The maximum atomic E-state index is 13.3. The van der Waals surface area contributed by atoms with Crippen LogP contribution in [0.4, 0.5) is 10.1 Å². The van der Waals surface area contributed by atoms with Crippen molar-refractivity contribution >= 4 is 22.8 Å². The highest BCUT2D eigenvalue weighted by molar-refractivity contribution is 6.02. The molecule has 0 spiro atoms. The first-order chi connectivity index (χ1) is 13.8. The lowest BCUT2D eigenvalue weighted by Crippen LogP contribution is -2.15. The first-order valence-corrected chi connectivity index (χ1v) is 8.71. The van der Waals surface area contributed by atoms with E-state index < -0.39 is 17.4 Å². The molecule has 0 aliphatic heterocycles. The number of rotatable bonds is 4. The Bertz CT molecular complexity index is 1270. The number of anilines is 1. The number of primary amides is 1. The number of fused-ring (bicyclic) bond motifs is 1. The summed E-state index contributed by atoms with van der Waals surface area (Å²) in [5.41, 5.74) is 7.19. The third-order valence-corrected chi connectivity index (χ3v) is 4.50. The maximum absolute atomic E-state index is 13.3. The zero-order chi connectivity index (χ0) is 20.7. The average molecular weight is 392 g/mol. The van der Waals surface area contributed by atoms with Gasteiger partial charge in [-0.25, -0.2) is 23.7 Å². The molecule has 0 unspecified atom stereocenters. The van der Waals surface area contributed by atoms with Gasteiger partial charge in [-0.1, -0.05) is 0 Å². The molecule has 0 saturated heterocycles. The quantitative estimate of drug-likeness (QED) is 0.553. The zero-order valence-electron chi connectivity index (χ0n) is 15.7. The number of carbonyl (C=O) groups excluding carboxylic acids is 1. The monoisotopic (exact) mass is 392 g/mol. The Morgan fingerprint density at radius 2 is 1.72 bits per heavy atom. The molecule has 29 heavy (non-hydrogen) atoms. The van der Waals surface area contributed by atoms with E-state index in [0.717, 1.165) is 5.69 Å². The minimum absolute atomic E-state index is 0.0975. The van der Waals surface area contributed by atoms with E-state index in [1.165, 1.54) is 28.8 Å². The third kappa shape index (κ3) is 3.22. The van der Waals surface area contributed by atoms with Crippen LogP contribution in [0.3, 0.4) is 0 Å². The minimum atomic E-state index is -0.795. The second-order valence-corrected chi connectivity index (χ2v) is 6.64. The van der Waals surface area contributed by atoms with E-state index in [1.54, 1.807) is 0 Å². The molecule has 0 aliphatic carbocycles. The van der Waals surface area contributed by atoms with Gasteiger partial charge in [-0.05, 0) is 48.5 Å². The van der Waals surface area contributed by atoms with Crippen molar-refractivity contribution in [2.24, 2.45) is 5.73 Å². The molecule has 3 N–H and O–H groups in total. The second-order valence-electron chi connectivity index (χ2n) is 6.64. The number of H-pyrrole nitrogens is 1. The number of hydrogen-bond donors (Lipinski definition) is 2. The van der Waals surface area contributed by atoms with E-state index in [0.29, 0.717) is 11.3 Å². The van der Waals surface area contributed by atoms with Crippen molar-refractivity contribution in [3.63, 3.8) is 0 Å². The third-order valence-electron chi connectivity index (χ3n) is 4.50. The predicted molar refractivity (Wildman–Crippen MR) is 108 cm³/mol. The Hall–Kier alpha value is -4.01. The molecule has 0 fully saturated rings. The van der Waals surface area contributed by atoms with Crippen LogP contribution in [0.2, 0.25) is 0 Å². The minimum Gasteiger partial charge on any atom is -0.378 e. The lowest BCUT2D eigenvalue weighted by atomic mass is 10.2. The standard InChI is InChI=1S/C20H17FN6O2/c1-26(2)13-7-3-11(4-8-13)18-23-15(17(22)28)16-19(25-18)27(20(29)24-16)14-9-5-12(21)6-10-14/h3-10H,1-2H3,(H2,22,28)(H,24,29). The summed E-state index contributed by atoms with van der Waals surface area (Å²) in [6.07, 6.45) is 0. The molecule has 2 aromatic carbocycles. The molecule has 0 radical (unpaired) electrons. The van der Waals surface area contributed by atoms with Crippen molar-refractivity contribution < 1.29 is 9.18 Å². The molecular weight excluding hydrogens is 375 g/mol. The fourth-order valence-corrected chi connectivity index (χ4v) is 3.03. The normalized spacial score (nSPS) is 11.0. The molecule has 2 heterocycles. The maximum Gasteiger partial charge on any atom is 0.332 e. The Labute approximate surface area is 164 Å². The number of amides is 1. The highest BCUT2D eigenvalue weighted by Gasteiger charge is 2.20. The number of benzene rings is 2. The molecule has 2 aromatic heterocycles. The van der Waals surface area contributed by atoms with Crippen molar-refractivity contribution in [3.05, 3.63) is 70.5 Å². The van der Waals surface area contributed by atoms with E-state index in [9.17, 15) is 14.0 Å². The van der Waals surface area contributed by atoms with Gasteiger partial charge in [-0.2, -0.15) is 0 Å².